The minimum Gasteiger partial charge on any atom is -0.497 e. The van der Waals surface area contributed by atoms with Crippen LogP contribution in [0, 0.1) is 11.8 Å². The fourth-order valence-electron chi connectivity index (χ4n) is 5.23. The van der Waals surface area contributed by atoms with Crippen LogP contribution in [0.2, 0.25) is 39.3 Å². The highest BCUT2D eigenvalue weighted by atomic mass is 28.4. The van der Waals surface area contributed by atoms with Crippen molar-refractivity contribution in [2.24, 2.45) is 11.8 Å². The Morgan fingerprint density at radius 2 is 0.951 bits per heavy atom. The molecule has 4 atom stereocenters. The van der Waals surface area contributed by atoms with E-state index in [1.165, 1.54) is 4.90 Å². The zero-order chi connectivity index (χ0) is 29.9. The first kappa shape index (κ1) is 30.7. The third-order valence-corrected chi connectivity index (χ3v) is 8.84. The molecule has 9 heteroatoms. The quantitative estimate of drug-likeness (QED) is 0.177. The molecule has 0 N–H and O–H groups in total. The number of hydrogen-bond donors (Lipinski definition) is 0. The van der Waals surface area contributed by atoms with Gasteiger partial charge in [0.25, 0.3) is 0 Å². The van der Waals surface area contributed by atoms with Crippen molar-refractivity contribution in [2.45, 2.75) is 51.5 Å². The molecule has 1 aliphatic rings. The first-order valence-electron chi connectivity index (χ1n) is 13.9. The van der Waals surface area contributed by atoms with Crippen LogP contribution in [0.4, 0.5) is 5.69 Å². The Morgan fingerprint density at radius 1 is 0.585 bits per heavy atom. The fraction of sp³-hybridized carbons (Fsp3) is 0.375. The van der Waals surface area contributed by atoms with Gasteiger partial charge in [0.15, 0.2) is 16.6 Å². The van der Waals surface area contributed by atoms with Gasteiger partial charge in [-0.2, -0.15) is 0 Å². The number of nitrogens with zero attached hydrogens (tertiary/aromatic N) is 1. The van der Waals surface area contributed by atoms with Crippen molar-refractivity contribution in [3.8, 4) is 11.5 Å². The Balaban J connectivity index is 1.93. The van der Waals surface area contributed by atoms with Crippen LogP contribution in [0.5, 0.6) is 11.5 Å². The zero-order valence-corrected chi connectivity index (χ0v) is 27.2. The van der Waals surface area contributed by atoms with Gasteiger partial charge in [-0.3, -0.25) is 9.59 Å². The van der Waals surface area contributed by atoms with Gasteiger partial charge in [0.2, 0.25) is 11.8 Å². The van der Waals surface area contributed by atoms with Gasteiger partial charge in [0.05, 0.1) is 44.0 Å². The van der Waals surface area contributed by atoms with E-state index < -0.39 is 40.7 Å². The summed E-state index contributed by atoms with van der Waals surface area (Å²) < 4.78 is 24.4. The van der Waals surface area contributed by atoms with Crippen molar-refractivity contribution in [2.75, 3.05) is 19.1 Å². The molecule has 3 aromatic carbocycles. The van der Waals surface area contributed by atoms with Crippen molar-refractivity contribution in [1.29, 1.82) is 0 Å². The highest BCUT2D eigenvalue weighted by Gasteiger charge is 2.56. The van der Waals surface area contributed by atoms with Crippen molar-refractivity contribution >= 4 is 34.1 Å². The average molecular weight is 592 g/mol. The minimum atomic E-state index is -2.21. The molecule has 0 aromatic heterocycles. The molecule has 4 rings (SSSR count). The first-order valence-corrected chi connectivity index (χ1v) is 20.7. The van der Waals surface area contributed by atoms with Gasteiger partial charge in [-0.15, -0.1) is 0 Å². The summed E-state index contributed by atoms with van der Waals surface area (Å²) in [6.45, 7) is 12.5. The lowest BCUT2D eigenvalue weighted by Gasteiger charge is -2.36. The van der Waals surface area contributed by atoms with E-state index in [4.69, 9.17) is 18.3 Å². The molecule has 41 heavy (non-hydrogen) atoms. The van der Waals surface area contributed by atoms with Crippen LogP contribution in [-0.2, 0) is 18.4 Å². The molecule has 0 bridgehead atoms. The smallest absolute Gasteiger partial charge is 0.240 e. The van der Waals surface area contributed by atoms with Crippen LogP contribution < -0.4 is 14.4 Å². The minimum absolute atomic E-state index is 0.289. The molecular weight excluding hydrogens is 551 g/mol. The molecule has 4 unspecified atom stereocenters. The van der Waals surface area contributed by atoms with E-state index in [0.29, 0.717) is 17.2 Å². The summed E-state index contributed by atoms with van der Waals surface area (Å²) in [5.74, 6) is -0.798. The SMILES string of the molecule is COc1ccc(C(O[Si](C)(C)C)C2C(=O)N(c3ccccc3)C(=O)C2C(O[Si](C)(C)C)c2ccc(OC)cc2)cc1. The predicted molar refractivity (Wildman–Crippen MR) is 166 cm³/mol. The predicted octanol–water partition coefficient (Wildman–Crippen LogP) is 7.00. The van der Waals surface area contributed by atoms with Gasteiger partial charge >= 0.3 is 0 Å². The summed E-state index contributed by atoms with van der Waals surface area (Å²) in [6.07, 6.45) is -1.32. The number of amides is 2. The summed E-state index contributed by atoms with van der Waals surface area (Å²) in [5, 5.41) is 0. The van der Waals surface area contributed by atoms with Crippen LogP contribution in [0.1, 0.15) is 23.3 Å². The van der Waals surface area contributed by atoms with Crippen molar-refractivity contribution in [3.05, 3.63) is 90.0 Å². The number of carbonyl (C=O) groups is 2. The number of hydrogen-bond acceptors (Lipinski definition) is 6. The Labute approximate surface area is 245 Å². The number of methoxy groups -OCH3 is 2. The first-order chi connectivity index (χ1) is 19.3. The van der Waals surface area contributed by atoms with Gasteiger partial charge < -0.3 is 18.3 Å². The topological polar surface area (TPSA) is 74.3 Å². The van der Waals surface area contributed by atoms with E-state index in [0.717, 1.165) is 11.1 Å². The summed E-state index contributed by atoms with van der Waals surface area (Å²) in [6, 6.07) is 24.2. The largest absolute Gasteiger partial charge is 0.497 e. The van der Waals surface area contributed by atoms with E-state index in [-0.39, 0.29) is 11.8 Å². The zero-order valence-electron chi connectivity index (χ0n) is 25.2. The average Bonchev–Trinajstić information content (AvgIpc) is 3.19. The van der Waals surface area contributed by atoms with Crippen molar-refractivity contribution in [1.82, 2.24) is 0 Å². The van der Waals surface area contributed by atoms with Crippen LogP contribution in [0.25, 0.3) is 0 Å². The van der Waals surface area contributed by atoms with Crippen molar-refractivity contribution < 1.29 is 27.9 Å². The van der Waals surface area contributed by atoms with Gasteiger partial charge in [-0.25, -0.2) is 4.90 Å². The van der Waals surface area contributed by atoms with Gasteiger partial charge in [0.1, 0.15) is 11.5 Å². The molecule has 1 heterocycles. The standard InChI is InChI=1S/C32H41NO6Si2/c1-36-25-18-14-22(15-19-25)29(38-40(3,4)5)27-28(32(35)33(31(27)34)24-12-10-9-11-13-24)30(39-41(6,7)8)23-16-20-26(37-2)21-17-23/h9-21,27-30H,1-8H3. The summed E-state index contributed by atoms with van der Waals surface area (Å²) in [4.78, 5) is 30.3. The molecule has 0 aliphatic carbocycles. The third kappa shape index (κ3) is 7.16. The van der Waals surface area contributed by atoms with Crippen LogP contribution in [-0.4, -0.2) is 42.7 Å². The molecule has 1 fully saturated rings. The van der Waals surface area contributed by atoms with E-state index in [1.54, 1.807) is 26.4 Å². The normalized spacial score (nSPS) is 19.3. The molecule has 7 nitrogen and oxygen atoms in total. The monoisotopic (exact) mass is 591 g/mol. The van der Waals surface area contributed by atoms with E-state index in [2.05, 4.69) is 39.3 Å². The van der Waals surface area contributed by atoms with E-state index in [1.807, 2.05) is 66.7 Å². The van der Waals surface area contributed by atoms with E-state index >= 15 is 0 Å². The Bertz CT molecular complexity index is 1250. The number of ether oxygens (including phenoxy) is 2. The maximum absolute atomic E-state index is 14.5. The second-order valence-electron chi connectivity index (χ2n) is 12.2. The lowest BCUT2D eigenvalue weighted by atomic mass is 9.81. The highest BCUT2D eigenvalue weighted by molar-refractivity contribution is 6.70. The second-order valence-corrected chi connectivity index (χ2v) is 21.2. The van der Waals surface area contributed by atoms with Gasteiger partial charge in [-0.05, 0) is 86.8 Å². The molecule has 3 aromatic rings. The number of para-hydroxylation sites is 1. The summed E-state index contributed by atoms with van der Waals surface area (Å²) in [5.41, 5.74) is 2.18. The third-order valence-electron chi connectivity index (χ3n) is 6.91. The number of imide groups is 1. The molecular formula is C32H41NO6Si2. The molecule has 1 saturated heterocycles. The molecule has 1 aliphatic heterocycles. The summed E-state index contributed by atoms with van der Waals surface area (Å²) >= 11 is 0. The summed E-state index contributed by atoms with van der Waals surface area (Å²) in [7, 11) is -1.19. The van der Waals surface area contributed by atoms with Crippen LogP contribution in [0.3, 0.4) is 0 Å². The number of rotatable bonds is 11. The van der Waals surface area contributed by atoms with Crippen LogP contribution in [0.15, 0.2) is 78.9 Å². The van der Waals surface area contributed by atoms with E-state index in [9.17, 15) is 9.59 Å². The highest BCUT2D eigenvalue weighted by Crippen LogP contribution is 2.48. The Kier molecular flexibility index (Phi) is 9.23. The lowest BCUT2D eigenvalue weighted by Crippen LogP contribution is -2.40. The van der Waals surface area contributed by atoms with Crippen LogP contribution >= 0.6 is 0 Å². The number of anilines is 1. The molecule has 218 valence electrons. The molecule has 0 spiro atoms. The van der Waals surface area contributed by atoms with Gasteiger partial charge in [0, 0.05) is 0 Å². The van der Waals surface area contributed by atoms with Crippen molar-refractivity contribution in [3.63, 3.8) is 0 Å². The number of benzene rings is 3. The Morgan fingerprint density at radius 3 is 1.27 bits per heavy atom. The fourth-order valence-corrected chi connectivity index (χ4v) is 7.32. The maximum atomic E-state index is 14.5. The molecule has 2 amide bonds. The molecule has 0 saturated carbocycles. The maximum Gasteiger partial charge on any atom is 0.240 e. The molecule has 0 radical (unpaired) electrons. The second kappa shape index (κ2) is 12.3. The van der Waals surface area contributed by atoms with Gasteiger partial charge in [-0.1, -0.05) is 42.5 Å². The number of carbonyl (C=O) groups excluding carboxylic acids is 2. The Hall–Kier alpha value is -3.25. The lowest BCUT2D eigenvalue weighted by molar-refractivity contribution is -0.127.